The predicted octanol–water partition coefficient (Wildman–Crippen LogP) is 1.64. The highest BCUT2D eigenvalue weighted by atomic mass is 16.6. The van der Waals surface area contributed by atoms with Gasteiger partial charge in [-0.25, -0.2) is 4.79 Å². The van der Waals surface area contributed by atoms with Gasteiger partial charge in [0.2, 0.25) is 0 Å². The molecule has 4 heteroatoms. The van der Waals surface area contributed by atoms with Gasteiger partial charge in [0.1, 0.15) is 13.2 Å². The van der Waals surface area contributed by atoms with Gasteiger partial charge in [0.15, 0.2) is 11.5 Å². The van der Waals surface area contributed by atoms with Crippen molar-refractivity contribution in [3.8, 4) is 11.5 Å². The first kappa shape index (κ1) is 10.5. The van der Waals surface area contributed by atoms with Crippen molar-refractivity contribution in [2.75, 3.05) is 20.3 Å². The summed E-state index contributed by atoms with van der Waals surface area (Å²) >= 11 is 0. The third-order valence-electron chi connectivity index (χ3n) is 2.32. The van der Waals surface area contributed by atoms with Crippen molar-refractivity contribution in [1.82, 2.24) is 0 Å². The smallest absolute Gasteiger partial charge is 0.337 e. The van der Waals surface area contributed by atoms with Crippen LogP contribution in [0.1, 0.15) is 5.56 Å². The number of benzene rings is 1. The Balaban J connectivity index is 2.30. The number of carbonyl (C=O) groups is 1. The molecule has 0 radical (unpaired) electrons. The number of methoxy groups -OCH3 is 1. The Labute approximate surface area is 93.4 Å². The van der Waals surface area contributed by atoms with Crippen molar-refractivity contribution in [3.05, 3.63) is 30.3 Å². The van der Waals surface area contributed by atoms with Gasteiger partial charge in [0, 0.05) is 0 Å². The number of rotatable bonds is 2. The molecule has 16 heavy (non-hydrogen) atoms. The van der Waals surface area contributed by atoms with Gasteiger partial charge in [-0.1, -0.05) is 12.6 Å². The van der Waals surface area contributed by atoms with Crippen LogP contribution in [0.15, 0.2) is 24.8 Å². The summed E-state index contributed by atoms with van der Waals surface area (Å²) < 4.78 is 15.4. The van der Waals surface area contributed by atoms with Crippen molar-refractivity contribution in [2.24, 2.45) is 0 Å². The molecule has 2 rings (SSSR count). The minimum Gasteiger partial charge on any atom is -0.486 e. The SMILES string of the molecule is C=C(C(=O)OC)c1ccc2c(c1)OCCO2. The fourth-order valence-corrected chi connectivity index (χ4v) is 1.47. The van der Waals surface area contributed by atoms with E-state index in [-0.39, 0.29) is 0 Å². The van der Waals surface area contributed by atoms with Gasteiger partial charge in [0.25, 0.3) is 0 Å². The summed E-state index contributed by atoms with van der Waals surface area (Å²) in [6, 6.07) is 5.25. The van der Waals surface area contributed by atoms with E-state index in [1.165, 1.54) is 7.11 Å². The molecular formula is C12H12O4. The van der Waals surface area contributed by atoms with Crippen LogP contribution in [-0.4, -0.2) is 26.3 Å². The van der Waals surface area contributed by atoms with Crippen molar-refractivity contribution >= 4 is 11.5 Å². The average Bonchev–Trinajstić information content (AvgIpc) is 2.36. The molecule has 0 saturated heterocycles. The van der Waals surface area contributed by atoms with Crippen LogP contribution in [0.4, 0.5) is 0 Å². The number of hydrogen-bond acceptors (Lipinski definition) is 4. The van der Waals surface area contributed by atoms with E-state index in [4.69, 9.17) is 9.47 Å². The van der Waals surface area contributed by atoms with Gasteiger partial charge < -0.3 is 14.2 Å². The van der Waals surface area contributed by atoms with E-state index < -0.39 is 5.97 Å². The van der Waals surface area contributed by atoms with Crippen LogP contribution in [0.5, 0.6) is 11.5 Å². The zero-order valence-corrected chi connectivity index (χ0v) is 8.99. The molecule has 0 unspecified atom stereocenters. The molecule has 0 amide bonds. The maximum absolute atomic E-state index is 11.3. The van der Waals surface area contributed by atoms with E-state index in [0.29, 0.717) is 35.8 Å². The van der Waals surface area contributed by atoms with Crippen molar-refractivity contribution in [2.45, 2.75) is 0 Å². The second kappa shape index (κ2) is 4.26. The average molecular weight is 220 g/mol. The largest absolute Gasteiger partial charge is 0.486 e. The first-order chi connectivity index (χ1) is 7.72. The van der Waals surface area contributed by atoms with E-state index in [9.17, 15) is 4.79 Å². The lowest BCUT2D eigenvalue weighted by Gasteiger charge is -2.18. The molecule has 1 aliphatic heterocycles. The van der Waals surface area contributed by atoms with Gasteiger partial charge in [-0.05, 0) is 17.7 Å². The zero-order valence-electron chi connectivity index (χ0n) is 8.99. The van der Waals surface area contributed by atoms with Crippen molar-refractivity contribution < 1.29 is 19.0 Å². The van der Waals surface area contributed by atoms with Crippen LogP contribution >= 0.6 is 0 Å². The summed E-state index contributed by atoms with van der Waals surface area (Å²) in [7, 11) is 1.32. The molecule has 1 aromatic rings. The van der Waals surface area contributed by atoms with E-state index in [1.54, 1.807) is 18.2 Å². The molecule has 0 bridgehead atoms. The fraction of sp³-hybridized carbons (Fsp3) is 0.250. The zero-order chi connectivity index (χ0) is 11.5. The lowest BCUT2D eigenvalue weighted by Crippen LogP contribution is -2.15. The van der Waals surface area contributed by atoms with E-state index in [2.05, 4.69) is 11.3 Å². The summed E-state index contributed by atoms with van der Waals surface area (Å²) in [5, 5.41) is 0. The predicted molar refractivity (Wildman–Crippen MR) is 58.5 cm³/mol. The summed E-state index contributed by atoms with van der Waals surface area (Å²) in [6.45, 7) is 4.73. The second-order valence-corrected chi connectivity index (χ2v) is 3.33. The van der Waals surface area contributed by atoms with Crippen molar-refractivity contribution in [3.63, 3.8) is 0 Å². The minimum atomic E-state index is -0.448. The van der Waals surface area contributed by atoms with Gasteiger partial charge in [-0.2, -0.15) is 0 Å². The van der Waals surface area contributed by atoms with E-state index in [1.807, 2.05) is 0 Å². The molecule has 0 fully saturated rings. The Morgan fingerprint density at radius 1 is 1.31 bits per heavy atom. The van der Waals surface area contributed by atoms with Crippen LogP contribution < -0.4 is 9.47 Å². The molecule has 4 nitrogen and oxygen atoms in total. The Morgan fingerprint density at radius 3 is 2.69 bits per heavy atom. The molecule has 0 saturated carbocycles. The van der Waals surface area contributed by atoms with Crippen LogP contribution in [0.25, 0.3) is 5.57 Å². The quantitative estimate of drug-likeness (QED) is 0.561. The Morgan fingerprint density at radius 2 is 2.00 bits per heavy atom. The third kappa shape index (κ3) is 1.86. The molecular weight excluding hydrogens is 208 g/mol. The number of ether oxygens (including phenoxy) is 3. The van der Waals surface area contributed by atoms with Crippen molar-refractivity contribution in [1.29, 1.82) is 0 Å². The summed E-state index contributed by atoms with van der Waals surface area (Å²) in [6.07, 6.45) is 0. The Hall–Kier alpha value is -1.97. The molecule has 0 aliphatic carbocycles. The molecule has 0 spiro atoms. The molecule has 1 aliphatic rings. The Kier molecular flexibility index (Phi) is 2.81. The molecule has 0 atom stereocenters. The molecule has 1 aromatic carbocycles. The van der Waals surface area contributed by atoms with Crippen LogP contribution in [0.3, 0.4) is 0 Å². The first-order valence-corrected chi connectivity index (χ1v) is 4.89. The lowest BCUT2D eigenvalue weighted by molar-refractivity contribution is -0.133. The van der Waals surface area contributed by atoms with Crippen LogP contribution in [-0.2, 0) is 9.53 Å². The first-order valence-electron chi connectivity index (χ1n) is 4.89. The standard InChI is InChI=1S/C12H12O4/c1-8(12(13)14-2)9-3-4-10-11(7-9)16-6-5-15-10/h3-4,7H,1,5-6H2,2H3. The normalized spacial score (nSPS) is 13.1. The monoisotopic (exact) mass is 220 g/mol. The molecule has 84 valence electrons. The number of fused-ring (bicyclic) bond motifs is 1. The molecule has 1 heterocycles. The van der Waals surface area contributed by atoms with Gasteiger partial charge >= 0.3 is 5.97 Å². The minimum absolute atomic E-state index is 0.305. The molecule has 0 aromatic heterocycles. The highest BCUT2D eigenvalue weighted by Gasteiger charge is 2.15. The number of carbonyl (C=O) groups excluding carboxylic acids is 1. The highest BCUT2D eigenvalue weighted by molar-refractivity contribution is 6.15. The summed E-state index contributed by atoms with van der Waals surface area (Å²) in [5.41, 5.74) is 0.982. The highest BCUT2D eigenvalue weighted by Crippen LogP contribution is 2.32. The summed E-state index contributed by atoms with van der Waals surface area (Å²) in [4.78, 5) is 11.3. The second-order valence-electron chi connectivity index (χ2n) is 3.33. The van der Waals surface area contributed by atoms with Crippen LogP contribution in [0, 0.1) is 0 Å². The van der Waals surface area contributed by atoms with Gasteiger partial charge in [-0.3, -0.25) is 0 Å². The fourth-order valence-electron chi connectivity index (χ4n) is 1.47. The van der Waals surface area contributed by atoms with Gasteiger partial charge in [0.05, 0.1) is 12.7 Å². The Bertz CT molecular complexity index is 437. The maximum atomic E-state index is 11.3. The van der Waals surface area contributed by atoms with E-state index in [0.717, 1.165) is 0 Å². The number of hydrogen-bond donors (Lipinski definition) is 0. The van der Waals surface area contributed by atoms with E-state index >= 15 is 0 Å². The van der Waals surface area contributed by atoms with Crippen LogP contribution in [0.2, 0.25) is 0 Å². The van der Waals surface area contributed by atoms with Gasteiger partial charge in [-0.15, -0.1) is 0 Å². The number of esters is 1. The maximum Gasteiger partial charge on any atom is 0.337 e. The third-order valence-corrected chi connectivity index (χ3v) is 2.32. The lowest BCUT2D eigenvalue weighted by atomic mass is 10.1. The topological polar surface area (TPSA) is 44.8 Å². The summed E-state index contributed by atoms with van der Waals surface area (Å²) in [5.74, 6) is 0.873. The molecule has 0 N–H and O–H groups in total.